The normalized spacial score (nSPS) is 19.0. The van der Waals surface area contributed by atoms with E-state index in [1.807, 2.05) is 35.2 Å². The SMILES string of the molecule is O=C(NCc1ccccc1Cl)[C@@H]1CCc2sc(C(=O)N3CCCC3)cc2C1. The van der Waals surface area contributed by atoms with E-state index in [2.05, 4.69) is 5.32 Å². The average Bonchev–Trinajstić information content (AvgIpc) is 3.35. The number of rotatable bonds is 4. The smallest absolute Gasteiger partial charge is 0.263 e. The van der Waals surface area contributed by atoms with Crippen LogP contribution < -0.4 is 5.32 Å². The molecule has 1 saturated heterocycles. The summed E-state index contributed by atoms with van der Waals surface area (Å²) < 4.78 is 0. The van der Waals surface area contributed by atoms with Crippen LogP contribution >= 0.6 is 22.9 Å². The molecule has 1 N–H and O–H groups in total. The van der Waals surface area contributed by atoms with E-state index in [9.17, 15) is 9.59 Å². The first-order valence-corrected chi connectivity index (χ1v) is 10.7. The van der Waals surface area contributed by atoms with Crippen LogP contribution in [-0.2, 0) is 24.2 Å². The summed E-state index contributed by atoms with van der Waals surface area (Å²) in [6.45, 7) is 2.19. The zero-order valence-electron chi connectivity index (χ0n) is 15.2. The highest BCUT2D eigenvalue weighted by Crippen LogP contribution is 2.33. The van der Waals surface area contributed by atoms with Crippen molar-refractivity contribution in [3.05, 3.63) is 56.2 Å². The molecule has 142 valence electrons. The molecule has 27 heavy (non-hydrogen) atoms. The molecule has 1 aromatic carbocycles. The van der Waals surface area contributed by atoms with Gasteiger partial charge in [-0.3, -0.25) is 9.59 Å². The largest absolute Gasteiger partial charge is 0.352 e. The number of carbonyl (C=O) groups excluding carboxylic acids is 2. The van der Waals surface area contributed by atoms with Crippen LogP contribution in [0.2, 0.25) is 5.02 Å². The van der Waals surface area contributed by atoms with E-state index in [0.717, 1.165) is 49.2 Å². The molecular weight excluding hydrogens is 380 g/mol. The van der Waals surface area contributed by atoms with Crippen LogP contribution in [0.4, 0.5) is 0 Å². The second-order valence-corrected chi connectivity index (χ2v) is 8.85. The molecule has 1 aromatic heterocycles. The Kier molecular flexibility index (Phi) is 5.50. The summed E-state index contributed by atoms with van der Waals surface area (Å²) in [5.74, 6) is 0.190. The lowest BCUT2D eigenvalue weighted by Crippen LogP contribution is -2.33. The number of hydrogen-bond acceptors (Lipinski definition) is 3. The van der Waals surface area contributed by atoms with Gasteiger partial charge in [-0.1, -0.05) is 29.8 Å². The predicted octanol–water partition coefficient (Wildman–Crippen LogP) is 4.06. The number of amides is 2. The van der Waals surface area contributed by atoms with Crippen molar-refractivity contribution in [2.45, 2.75) is 38.6 Å². The first kappa shape index (κ1) is 18.5. The van der Waals surface area contributed by atoms with Crippen LogP contribution in [0.1, 0.15) is 44.9 Å². The maximum absolute atomic E-state index is 12.6. The molecule has 0 unspecified atom stereocenters. The van der Waals surface area contributed by atoms with Crippen molar-refractivity contribution in [2.24, 2.45) is 5.92 Å². The summed E-state index contributed by atoms with van der Waals surface area (Å²) in [7, 11) is 0. The number of nitrogens with zero attached hydrogens (tertiary/aromatic N) is 1. The first-order chi connectivity index (χ1) is 13.1. The van der Waals surface area contributed by atoms with Crippen molar-refractivity contribution in [2.75, 3.05) is 13.1 Å². The van der Waals surface area contributed by atoms with Gasteiger partial charge in [-0.05, 0) is 55.4 Å². The van der Waals surface area contributed by atoms with Crippen molar-refractivity contribution < 1.29 is 9.59 Å². The molecule has 0 saturated carbocycles. The van der Waals surface area contributed by atoms with Crippen LogP contribution in [0.5, 0.6) is 0 Å². The number of fused-ring (bicyclic) bond motifs is 1. The molecule has 0 bridgehead atoms. The van der Waals surface area contributed by atoms with Crippen molar-refractivity contribution in [1.29, 1.82) is 0 Å². The van der Waals surface area contributed by atoms with E-state index in [1.165, 1.54) is 10.4 Å². The van der Waals surface area contributed by atoms with Crippen molar-refractivity contribution >= 4 is 34.8 Å². The van der Waals surface area contributed by atoms with Crippen LogP contribution in [0.25, 0.3) is 0 Å². The van der Waals surface area contributed by atoms with Gasteiger partial charge in [0.15, 0.2) is 0 Å². The fourth-order valence-corrected chi connectivity index (χ4v) is 5.28. The van der Waals surface area contributed by atoms with Gasteiger partial charge >= 0.3 is 0 Å². The van der Waals surface area contributed by atoms with Gasteiger partial charge in [0.2, 0.25) is 5.91 Å². The molecule has 2 aromatic rings. The van der Waals surface area contributed by atoms with Gasteiger partial charge in [0.25, 0.3) is 5.91 Å². The quantitative estimate of drug-likeness (QED) is 0.838. The highest BCUT2D eigenvalue weighted by Gasteiger charge is 2.29. The predicted molar refractivity (Wildman–Crippen MR) is 108 cm³/mol. The minimum Gasteiger partial charge on any atom is -0.352 e. The molecule has 2 heterocycles. The Morgan fingerprint density at radius 1 is 1.22 bits per heavy atom. The zero-order valence-corrected chi connectivity index (χ0v) is 16.7. The summed E-state index contributed by atoms with van der Waals surface area (Å²) in [5.41, 5.74) is 2.10. The summed E-state index contributed by atoms with van der Waals surface area (Å²) in [6, 6.07) is 9.59. The molecule has 0 radical (unpaired) electrons. The lowest BCUT2D eigenvalue weighted by atomic mass is 9.87. The molecule has 4 nitrogen and oxygen atoms in total. The maximum atomic E-state index is 12.6. The fourth-order valence-electron chi connectivity index (χ4n) is 3.90. The highest BCUT2D eigenvalue weighted by molar-refractivity contribution is 7.14. The van der Waals surface area contributed by atoms with Crippen molar-refractivity contribution in [1.82, 2.24) is 10.2 Å². The average molecular weight is 403 g/mol. The zero-order chi connectivity index (χ0) is 18.8. The van der Waals surface area contributed by atoms with Gasteiger partial charge in [0.1, 0.15) is 0 Å². The minimum atomic E-state index is -0.0377. The van der Waals surface area contributed by atoms with E-state index in [0.29, 0.717) is 18.0 Å². The number of benzene rings is 1. The number of likely N-dealkylation sites (tertiary alicyclic amines) is 1. The number of halogens is 1. The van der Waals surface area contributed by atoms with Gasteiger partial charge in [0.05, 0.1) is 4.88 Å². The molecule has 1 fully saturated rings. The number of thiophene rings is 1. The van der Waals surface area contributed by atoms with Gasteiger partial charge in [-0.2, -0.15) is 0 Å². The third-order valence-corrected chi connectivity index (χ3v) is 7.06. The van der Waals surface area contributed by atoms with Gasteiger partial charge in [0, 0.05) is 35.5 Å². The van der Waals surface area contributed by atoms with Gasteiger partial charge in [-0.15, -0.1) is 11.3 Å². The fraction of sp³-hybridized carbons (Fsp3) is 0.429. The van der Waals surface area contributed by atoms with Crippen LogP contribution in [0, 0.1) is 5.92 Å². The number of hydrogen-bond donors (Lipinski definition) is 1. The lowest BCUT2D eigenvalue weighted by molar-refractivity contribution is -0.125. The maximum Gasteiger partial charge on any atom is 0.263 e. The molecule has 1 aliphatic carbocycles. The van der Waals surface area contributed by atoms with E-state index in [1.54, 1.807) is 11.3 Å². The molecular formula is C21H23ClN2O2S. The van der Waals surface area contributed by atoms with E-state index >= 15 is 0 Å². The molecule has 0 spiro atoms. The Hall–Kier alpha value is -1.85. The van der Waals surface area contributed by atoms with E-state index in [-0.39, 0.29) is 17.7 Å². The Morgan fingerprint density at radius 2 is 2.00 bits per heavy atom. The van der Waals surface area contributed by atoms with E-state index in [4.69, 9.17) is 11.6 Å². The molecule has 1 atom stereocenters. The number of nitrogens with one attached hydrogen (secondary N) is 1. The number of aryl methyl sites for hydroxylation is 1. The Morgan fingerprint density at radius 3 is 2.78 bits per heavy atom. The molecule has 6 heteroatoms. The third kappa shape index (κ3) is 4.04. The van der Waals surface area contributed by atoms with Crippen LogP contribution in [0.15, 0.2) is 30.3 Å². The topological polar surface area (TPSA) is 49.4 Å². The third-order valence-electron chi connectivity index (χ3n) is 5.47. The van der Waals surface area contributed by atoms with Gasteiger partial charge in [-0.25, -0.2) is 0 Å². The van der Waals surface area contributed by atoms with Crippen LogP contribution in [0.3, 0.4) is 0 Å². The first-order valence-electron chi connectivity index (χ1n) is 9.54. The summed E-state index contributed by atoms with van der Waals surface area (Å²) in [4.78, 5) is 29.3. The second kappa shape index (κ2) is 8.03. The van der Waals surface area contributed by atoms with Gasteiger partial charge < -0.3 is 10.2 Å². The molecule has 4 rings (SSSR count). The van der Waals surface area contributed by atoms with Crippen molar-refractivity contribution in [3.8, 4) is 0 Å². The highest BCUT2D eigenvalue weighted by atomic mass is 35.5. The van der Waals surface area contributed by atoms with Crippen molar-refractivity contribution in [3.63, 3.8) is 0 Å². The molecule has 1 aliphatic heterocycles. The summed E-state index contributed by atoms with van der Waals surface area (Å²) in [5, 5.41) is 3.69. The number of carbonyl (C=O) groups is 2. The monoisotopic (exact) mass is 402 g/mol. The minimum absolute atomic E-state index is 0.0377. The molecule has 2 aliphatic rings. The standard InChI is InChI=1S/C21H23ClN2O2S/c22-17-6-2-1-5-15(17)13-23-20(25)14-7-8-18-16(11-14)12-19(27-18)21(26)24-9-3-4-10-24/h1-2,5-6,12,14H,3-4,7-11,13H2,(H,23,25)/t14-/m1/s1. The summed E-state index contributed by atoms with van der Waals surface area (Å²) >= 11 is 7.78. The molecule has 2 amide bonds. The Bertz CT molecular complexity index is 858. The van der Waals surface area contributed by atoms with E-state index < -0.39 is 0 Å². The Balaban J connectivity index is 1.38. The lowest BCUT2D eigenvalue weighted by Gasteiger charge is -2.21. The van der Waals surface area contributed by atoms with Crippen LogP contribution in [-0.4, -0.2) is 29.8 Å². The second-order valence-electron chi connectivity index (χ2n) is 7.31. The Labute approximate surface area is 168 Å². The summed E-state index contributed by atoms with van der Waals surface area (Å²) in [6.07, 6.45) is 4.62.